The van der Waals surface area contributed by atoms with Gasteiger partial charge in [-0.15, -0.1) is 32.6 Å². The van der Waals surface area contributed by atoms with Crippen LogP contribution in [0.5, 0.6) is 0 Å². The van der Waals surface area contributed by atoms with Crippen molar-refractivity contribution in [2.75, 3.05) is 22.9 Å². The molecule has 0 saturated carbocycles. The molecular weight excluding hydrogens is 879 g/mol. The molecule has 272 valence electrons. The van der Waals surface area contributed by atoms with E-state index in [0.717, 1.165) is 76.7 Å². The quantitative estimate of drug-likeness (QED) is 0.161. The van der Waals surface area contributed by atoms with Gasteiger partial charge in [0, 0.05) is 10.0 Å². The summed E-state index contributed by atoms with van der Waals surface area (Å²) in [5, 5.41) is 21.6. The molecule has 0 amide bonds. The van der Waals surface area contributed by atoms with E-state index in [1.807, 2.05) is 62.4 Å². The number of benzene rings is 2. The van der Waals surface area contributed by atoms with E-state index < -0.39 is 11.9 Å². The highest BCUT2D eigenvalue weighted by Crippen LogP contribution is 2.29. The maximum atomic E-state index is 10.1. The second kappa shape index (κ2) is 20.1. The van der Waals surface area contributed by atoms with Gasteiger partial charge in [0.1, 0.15) is 11.4 Å². The number of carboxylic acids is 2. The highest BCUT2D eigenvalue weighted by atomic mass is 79.9. The van der Waals surface area contributed by atoms with Gasteiger partial charge in [0.05, 0.1) is 40.4 Å². The van der Waals surface area contributed by atoms with Crippen LogP contribution < -0.4 is 43.1 Å². The molecule has 0 aliphatic carbocycles. The van der Waals surface area contributed by atoms with Crippen molar-refractivity contribution in [2.24, 2.45) is 0 Å². The number of halogens is 4. The third-order valence-corrected chi connectivity index (χ3v) is 10.3. The molecule has 4 aromatic heterocycles. The lowest BCUT2D eigenvalue weighted by atomic mass is 10.0. The molecule has 0 saturated heterocycles. The molecule has 52 heavy (non-hydrogen) atoms. The first-order chi connectivity index (χ1) is 24.6. The number of H-pyrrole nitrogens is 2. The monoisotopic (exact) mass is 908 g/mol. The molecule has 0 aliphatic heterocycles. The summed E-state index contributed by atoms with van der Waals surface area (Å²) in [6, 6.07) is 21.3. The average molecular weight is 912 g/mol. The van der Waals surface area contributed by atoms with Gasteiger partial charge in [-0.3, -0.25) is 0 Å². The second-order valence-corrected chi connectivity index (χ2v) is 16.0. The first-order valence-electron chi connectivity index (χ1n) is 15.0. The Labute approximate surface area is 334 Å². The van der Waals surface area contributed by atoms with Gasteiger partial charge in [0.25, 0.3) is 0 Å². The highest BCUT2D eigenvalue weighted by molar-refractivity contribution is 9.11. The molecule has 0 spiro atoms. The fourth-order valence-corrected chi connectivity index (χ4v) is 7.10. The molecule has 0 unspecified atom stereocenters. The Bertz CT molecular complexity index is 1980. The molecule has 18 heteroatoms. The smallest absolute Gasteiger partial charge is 0.342 e. The molecule has 0 atom stereocenters. The van der Waals surface area contributed by atoms with Gasteiger partial charge in [-0.2, -0.15) is 0 Å². The van der Waals surface area contributed by atoms with E-state index in [0.29, 0.717) is 33.6 Å². The summed E-state index contributed by atoms with van der Waals surface area (Å²) in [6.45, 7) is 4.03. The number of carboxylic acid groups (broad SMARTS) is 2. The number of carbonyl (C=O) groups is 2. The van der Waals surface area contributed by atoms with Crippen molar-refractivity contribution in [2.45, 2.75) is 26.7 Å². The van der Waals surface area contributed by atoms with E-state index in [1.54, 1.807) is 12.1 Å². The van der Waals surface area contributed by atoms with Gasteiger partial charge in [-0.05, 0) is 104 Å². The first kappa shape index (κ1) is 42.1. The Balaban J connectivity index is 0.000000195. The summed E-state index contributed by atoms with van der Waals surface area (Å²) >= 11 is 20.3. The first-order valence-corrected chi connectivity index (χ1v) is 19.0. The maximum Gasteiger partial charge on any atom is 0.342 e. The number of aromatic carboxylic acids is 2. The van der Waals surface area contributed by atoms with Gasteiger partial charge in [-0.1, -0.05) is 61.3 Å². The van der Waals surface area contributed by atoms with Crippen molar-refractivity contribution in [1.82, 2.24) is 9.97 Å². The number of nitrogens with two attached hydrogens (primary N) is 4. The number of rotatable bonds is 6. The van der Waals surface area contributed by atoms with Crippen LogP contribution >= 0.6 is 77.7 Å². The molecule has 0 aliphatic rings. The van der Waals surface area contributed by atoms with Crippen LogP contribution in [0.3, 0.4) is 0 Å². The number of carbonyl (C=O) groups excluding carboxylic acids is 2. The topological polar surface area (TPSA) is 238 Å². The largest absolute Gasteiger partial charge is 0.544 e. The van der Waals surface area contributed by atoms with Gasteiger partial charge in [0.2, 0.25) is 11.6 Å². The minimum atomic E-state index is -1.12. The molecule has 0 fully saturated rings. The number of nitrogens with zero attached hydrogens (tertiary/aromatic N) is 2. The lowest BCUT2D eigenvalue weighted by molar-refractivity contribution is -0.346. The number of aromatic amines is 2. The molecule has 0 radical (unpaired) electrons. The molecule has 6 aromatic rings. The lowest BCUT2D eigenvalue weighted by Gasteiger charge is -2.07. The molecule has 0 bridgehead atoms. The predicted molar refractivity (Wildman–Crippen MR) is 212 cm³/mol. The predicted octanol–water partition coefficient (Wildman–Crippen LogP) is 5.63. The fraction of sp³-hybridized carbons (Fsp3) is 0.118. The van der Waals surface area contributed by atoms with Gasteiger partial charge in [0.15, 0.2) is 0 Å². The van der Waals surface area contributed by atoms with Crippen LogP contribution in [-0.2, 0) is 12.8 Å². The molecule has 12 nitrogen and oxygen atoms in total. The summed E-state index contributed by atoms with van der Waals surface area (Å²) < 4.78 is 1.61. The van der Waals surface area contributed by atoms with E-state index in [2.05, 4.69) is 51.8 Å². The van der Waals surface area contributed by atoms with Crippen LogP contribution in [0, 0.1) is 0 Å². The zero-order chi connectivity index (χ0) is 38.5. The van der Waals surface area contributed by atoms with Crippen molar-refractivity contribution in [3.05, 3.63) is 112 Å². The second-order valence-electron chi connectivity index (χ2n) is 10.2. The number of nitrogens with one attached hydrogen (secondary N) is 2. The standard InChI is InChI=1S/2C12H13ClN4.2C5H3BrO2S/c2*1-2-9-10(11(14)17-12(15)16-9)7-3-5-8(13)6-4-7;2*6-4-2-1-3(9-4)5(7)8/h2*3-6H,2H2,1H3,(H4,14,15,16,17);2*1-2H,(H,7,8). The van der Waals surface area contributed by atoms with E-state index in [4.69, 9.17) is 46.1 Å². The van der Waals surface area contributed by atoms with Gasteiger partial charge in [-0.25, -0.2) is 9.97 Å². The van der Waals surface area contributed by atoms with Gasteiger partial charge >= 0.3 is 11.9 Å². The number of hydrogen-bond acceptors (Lipinski definition) is 12. The van der Waals surface area contributed by atoms with Gasteiger partial charge < -0.3 is 42.7 Å². The van der Waals surface area contributed by atoms with Crippen LogP contribution in [0.1, 0.15) is 44.6 Å². The third-order valence-electron chi connectivity index (χ3n) is 6.64. The zero-order valence-corrected chi connectivity index (χ0v) is 33.8. The van der Waals surface area contributed by atoms with Crippen LogP contribution in [0.4, 0.5) is 23.5 Å². The summed E-state index contributed by atoms with van der Waals surface area (Å²) in [5.74, 6) is -0.529. The molecule has 2 aromatic carbocycles. The van der Waals surface area contributed by atoms with E-state index >= 15 is 0 Å². The number of anilines is 4. The summed E-state index contributed by atoms with van der Waals surface area (Å²) in [6.07, 6.45) is 1.53. The minimum absolute atomic E-state index is 0.252. The van der Waals surface area contributed by atoms with Crippen molar-refractivity contribution in [1.29, 1.82) is 0 Å². The third kappa shape index (κ3) is 12.4. The number of aryl methyl sites for hydroxylation is 2. The Hall–Kier alpha value is -4.32. The van der Waals surface area contributed by atoms with Crippen LogP contribution in [0.25, 0.3) is 22.3 Å². The fourth-order valence-electron chi connectivity index (χ4n) is 4.41. The molecule has 6 rings (SSSR count). The highest BCUT2D eigenvalue weighted by Gasteiger charge is 2.17. The van der Waals surface area contributed by atoms with Crippen molar-refractivity contribution in [3.8, 4) is 22.3 Å². The van der Waals surface area contributed by atoms with Crippen molar-refractivity contribution >= 4 is 113 Å². The SMILES string of the molecule is CCc1nc(N)[nH+]c(N)c1-c1ccc(Cl)cc1.CCc1nc(N)[nH+]c(N)c1-c1ccc(Cl)cc1.O=C([O-])c1ccc(Br)s1.O=C([O-])c1ccc(Br)s1. The summed E-state index contributed by atoms with van der Waals surface area (Å²) in [4.78, 5) is 34.9. The Kier molecular flexibility index (Phi) is 16.2. The number of hydrogen-bond donors (Lipinski definition) is 4. The normalized spacial score (nSPS) is 10.1. The molecule has 4 heterocycles. The Morgan fingerprint density at radius 3 is 1.19 bits per heavy atom. The van der Waals surface area contributed by atoms with E-state index in [9.17, 15) is 19.8 Å². The number of nitrogen functional groups attached to an aromatic ring is 4. The molecule has 10 N–H and O–H groups in total. The van der Waals surface area contributed by atoms with E-state index in [1.165, 1.54) is 12.1 Å². The van der Waals surface area contributed by atoms with Crippen molar-refractivity contribution in [3.63, 3.8) is 0 Å². The summed E-state index contributed by atoms with van der Waals surface area (Å²) in [5.41, 5.74) is 28.7. The minimum Gasteiger partial charge on any atom is -0.544 e. The lowest BCUT2D eigenvalue weighted by Crippen LogP contribution is -2.20. The number of aromatic nitrogens is 4. The summed E-state index contributed by atoms with van der Waals surface area (Å²) in [7, 11) is 0. The van der Waals surface area contributed by atoms with Crippen LogP contribution in [0.2, 0.25) is 10.0 Å². The zero-order valence-electron chi connectivity index (χ0n) is 27.5. The van der Waals surface area contributed by atoms with Crippen molar-refractivity contribution < 1.29 is 29.8 Å². The van der Waals surface area contributed by atoms with Crippen LogP contribution in [0.15, 0.2) is 80.4 Å². The Morgan fingerprint density at radius 2 is 0.962 bits per heavy atom. The molecular formula is C34H32Br2Cl2N8O4S2. The Morgan fingerprint density at radius 1 is 0.635 bits per heavy atom. The average Bonchev–Trinajstić information content (AvgIpc) is 3.74. The van der Waals surface area contributed by atoms with Crippen LogP contribution in [-0.4, -0.2) is 21.9 Å². The number of thiophene rings is 2. The van der Waals surface area contributed by atoms with E-state index in [-0.39, 0.29) is 9.75 Å². The maximum absolute atomic E-state index is 10.1.